The molecule has 100 valence electrons. The minimum atomic E-state index is -0.539. The first-order chi connectivity index (χ1) is 9.63. The zero-order chi connectivity index (χ0) is 14.5. The standard InChI is InChI=1S/C16H11BrFNO/c17-15-10-12(18)6-7-14(15)16(20)13(8-9-19)11-4-2-1-3-5-11/h1-7,10,13H,8H2. The summed E-state index contributed by atoms with van der Waals surface area (Å²) in [5.74, 6) is -1.14. The number of rotatable bonds is 4. The summed E-state index contributed by atoms with van der Waals surface area (Å²) in [5.41, 5.74) is 1.17. The van der Waals surface area contributed by atoms with Gasteiger partial charge in [0.15, 0.2) is 5.78 Å². The molecule has 0 radical (unpaired) electrons. The van der Waals surface area contributed by atoms with Gasteiger partial charge in [0.1, 0.15) is 5.82 Å². The quantitative estimate of drug-likeness (QED) is 0.775. The second-order valence-electron chi connectivity index (χ2n) is 4.31. The number of ketones is 1. The van der Waals surface area contributed by atoms with Crippen LogP contribution in [0.2, 0.25) is 0 Å². The van der Waals surface area contributed by atoms with Crippen LogP contribution in [-0.4, -0.2) is 5.78 Å². The van der Waals surface area contributed by atoms with Crippen molar-refractivity contribution in [3.63, 3.8) is 0 Å². The topological polar surface area (TPSA) is 40.9 Å². The maximum absolute atomic E-state index is 13.1. The van der Waals surface area contributed by atoms with Gasteiger partial charge in [-0.15, -0.1) is 0 Å². The maximum atomic E-state index is 13.1. The summed E-state index contributed by atoms with van der Waals surface area (Å²) in [7, 11) is 0. The van der Waals surface area contributed by atoms with Crippen LogP contribution in [0, 0.1) is 17.1 Å². The lowest BCUT2D eigenvalue weighted by molar-refractivity contribution is 0.0960. The Labute approximate surface area is 125 Å². The normalized spacial score (nSPS) is 11.7. The van der Waals surface area contributed by atoms with Gasteiger partial charge in [-0.2, -0.15) is 5.26 Å². The molecular formula is C16H11BrFNO. The molecule has 0 saturated carbocycles. The van der Waals surface area contributed by atoms with Gasteiger partial charge in [0.05, 0.1) is 12.0 Å². The fourth-order valence-corrected chi connectivity index (χ4v) is 2.56. The van der Waals surface area contributed by atoms with Crippen LogP contribution < -0.4 is 0 Å². The second-order valence-corrected chi connectivity index (χ2v) is 5.17. The van der Waals surface area contributed by atoms with Gasteiger partial charge in [0.2, 0.25) is 0 Å². The summed E-state index contributed by atoms with van der Waals surface area (Å²) in [6.45, 7) is 0. The van der Waals surface area contributed by atoms with Crippen LogP contribution in [0.1, 0.15) is 28.3 Å². The first kappa shape index (κ1) is 14.4. The monoisotopic (exact) mass is 331 g/mol. The third-order valence-corrected chi connectivity index (χ3v) is 3.67. The van der Waals surface area contributed by atoms with Crippen molar-refractivity contribution in [1.82, 2.24) is 0 Å². The minimum Gasteiger partial charge on any atom is -0.293 e. The Morgan fingerprint density at radius 1 is 1.25 bits per heavy atom. The van der Waals surface area contributed by atoms with Gasteiger partial charge >= 0.3 is 0 Å². The molecule has 2 rings (SSSR count). The molecule has 0 fully saturated rings. The molecule has 0 spiro atoms. The molecule has 0 aliphatic rings. The number of halogens is 2. The number of carbonyl (C=O) groups is 1. The minimum absolute atomic E-state index is 0.0899. The average Bonchev–Trinajstić information content (AvgIpc) is 2.45. The van der Waals surface area contributed by atoms with Crippen LogP contribution in [-0.2, 0) is 0 Å². The van der Waals surface area contributed by atoms with E-state index >= 15 is 0 Å². The number of benzene rings is 2. The Morgan fingerprint density at radius 2 is 1.95 bits per heavy atom. The van der Waals surface area contributed by atoms with Crippen LogP contribution in [0.25, 0.3) is 0 Å². The van der Waals surface area contributed by atoms with Gasteiger partial charge in [-0.05, 0) is 39.7 Å². The third kappa shape index (κ3) is 3.12. The van der Waals surface area contributed by atoms with Crippen molar-refractivity contribution >= 4 is 21.7 Å². The van der Waals surface area contributed by atoms with E-state index in [9.17, 15) is 9.18 Å². The highest BCUT2D eigenvalue weighted by atomic mass is 79.9. The van der Waals surface area contributed by atoms with Crippen molar-refractivity contribution in [3.8, 4) is 6.07 Å². The largest absolute Gasteiger partial charge is 0.293 e. The van der Waals surface area contributed by atoms with Crippen molar-refractivity contribution in [2.75, 3.05) is 0 Å². The van der Waals surface area contributed by atoms with E-state index in [0.717, 1.165) is 5.56 Å². The number of carbonyl (C=O) groups excluding carboxylic acids is 1. The lowest BCUT2D eigenvalue weighted by atomic mass is 9.88. The molecule has 0 saturated heterocycles. The zero-order valence-corrected chi connectivity index (χ0v) is 12.1. The Morgan fingerprint density at radius 3 is 2.55 bits per heavy atom. The molecule has 0 amide bonds. The summed E-state index contributed by atoms with van der Waals surface area (Å²) in [5, 5.41) is 8.93. The third-order valence-electron chi connectivity index (χ3n) is 3.01. The lowest BCUT2D eigenvalue weighted by Gasteiger charge is -2.14. The highest BCUT2D eigenvalue weighted by molar-refractivity contribution is 9.10. The number of nitriles is 1. The molecule has 0 bridgehead atoms. The molecular weight excluding hydrogens is 321 g/mol. The van der Waals surface area contributed by atoms with E-state index in [1.54, 1.807) is 0 Å². The SMILES string of the molecule is N#CCC(C(=O)c1ccc(F)cc1Br)c1ccccc1. The molecule has 4 heteroatoms. The first-order valence-corrected chi connectivity index (χ1v) is 6.84. The predicted molar refractivity (Wildman–Crippen MR) is 77.8 cm³/mol. The summed E-state index contributed by atoms with van der Waals surface area (Å²) < 4.78 is 13.5. The highest BCUT2D eigenvalue weighted by Gasteiger charge is 2.23. The molecule has 2 aromatic carbocycles. The molecule has 0 aromatic heterocycles. The fourth-order valence-electron chi connectivity index (χ4n) is 2.02. The Kier molecular flexibility index (Phi) is 4.65. The van der Waals surface area contributed by atoms with Gasteiger partial charge in [-0.1, -0.05) is 30.3 Å². The summed E-state index contributed by atoms with van der Waals surface area (Å²) in [6, 6.07) is 15.1. The van der Waals surface area contributed by atoms with Crippen molar-refractivity contribution in [1.29, 1.82) is 5.26 Å². The maximum Gasteiger partial charge on any atom is 0.172 e. The fraction of sp³-hybridized carbons (Fsp3) is 0.125. The number of hydrogen-bond donors (Lipinski definition) is 0. The number of Topliss-reactive ketones (excluding diaryl/α,β-unsaturated/α-hetero) is 1. The lowest BCUT2D eigenvalue weighted by Crippen LogP contribution is -2.13. The molecule has 0 N–H and O–H groups in total. The van der Waals surface area contributed by atoms with Gasteiger partial charge in [0.25, 0.3) is 0 Å². The van der Waals surface area contributed by atoms with Gasteiger partial charge in [-0.25, -0.2) is 4.39 Å². The zero-order valence-electron chi connectivity index (χ0n) is 10.5. The molecule has 20 heavy (non-hydrogen) atoms. The summed E-state index contributed by atoms with van der Waals surface area (Å²) >= 11 is 3.20. The molecule has 0 aliphatic heterocycles. The smallest absolute Gasteiger partial charge is 0.172 e. The van der Waals surface area contributed by atoms with Gasteiger partial charge in [0, 0.05) is 16.5 Å². The summed E-state index contributed by atoms with van der Waals surface area (Å²) in [4.78, 5) is 12.6. The Hall–Kier alpha value is -1.99. The molecule has 2 aromatic rings. The molecule has 0 aliphatic carbocycles. The Balaban J connectivity index is 2.40. The summed E-state index contributed by atoms with van der Waals surface area (Å²) in [6.07, 6.45) is 0.0899. The van der Waals surface area contributed by atoms with Crippen molar-refractivity contribution < 1.29 is 9.18 Å². The number of nitrogens with zero attached hydrogens (tertiary/aromatic N) is 1. The van der Waals surface area contributed by atoms with Gasteiger partial charge in [-0.3, -0.25) is 4.79 Å². The average molecular weight is 332 g/mol. The molecule has 0 heterocycles. The van der Waals surface area contributed by atoms with Crippen molar-refractivity contribution in [2.45, 2.75) is 12.3 Å². The van der Waals surface area contributed by atoms with E-state index < -0.39 is 11.7 Å². The molecule has 2 nitrogen and oxygen atoms in total. The Bertz CT molecular complexity index is 664. The molecule has 1 unspecified atom stereocenters. The van der Waals surface area contributed by atoms with E-state index in [1.807, 2.05) is 36.4 Å². The van der Waals surface area contributed by atoms with Crippen LogP contribution in [0.4, 0.5) is 4.39 Å². The van der Waals surface area contributed by atoms with E-state index in [-0.39, 0.29) is 12.2 Å². The van der Waals surface area contributed by atoms with E-state index in [1.165, 1.54) is 18.2 Å². The first-order valence-electron chi connectivity index (χ1n) is 6.04. The predicted octanol–water partition coefficient (Wildman–Crippen LogP) is 4.47. The van der Waals surface area contributed by atoms with Gasteiger partial charge < -0.3 is 0 Å². The van der Waals surface area contributed by atoms with Crippen LogP contribution in [0.5, 0.6) is 0 Å². The van der Waals surface area contributed by atoms with Crippen molar-refractivity contribution in [3.05, 3.63) is 69.9 Å². The van der Waals surface area contributed by atoms with E-state index in [0.29, 0.717) is 10.0 Å². The van der Waals surface area contributed by atoms with Crippen molar-refractivity contribution in [2.24, 2.45) is 0 Å². The van der Waals surface area contributed by atoms with Crippen LogP contribution in [0.3, 0.4) is 0 Å². The van der Waals surface area contributed by atoms with Crippen LogP contribution in [0.15, 0.2) is 53.0 Å². The molecule has 1 atom stereocenters. The van der Waals surface area contributed by atoms with Crippen LogP contribution >= 0.6 is 15.9 Å². The number of hydrogen-bond acceptors (Lipinski definition) is 2. The van der Waals surface area contributed by atoms with E-state index in [4.69, 9.17) is 5.26 Å². The van der Waals surface area contributed by atoms with E-state index in [2.05, 4.69) is 15.9 Å². The second kappa shape index (κ2) is 6.44. The highest BCUT2D eigenvalue weighted by Crippen LogP contribution is 2.28.